The summed E-state index contributed by atoms with van der Waals surface area (Å²) in [5, 5.41) is 0. The van der Waals surface area contributed by atoms with Crippen LogP contribution in [-0.2, 0) is 21.6 Å². The van der Waals surface area contributed by atoms with E-state index in [-0.39, 0.29) is 34.8 Å². The fourth-order valence-electron chi connectivity index (χ4n) is 3.39. The van der Waals surface area contributed by atoms with Gasteiger partial charge in [-0.05, 0) is 11.8 Å². The summed E-state index contributed by atoms with van der Waals surface area (Å²) in [7, 11) is -0.243. The number of rotatable bonds is 0. The first kappa shape index (κ1) is 25.0. The van der Waals surface area contributed by atoms with Crippen LogP contribution in [0.2, 0.25) is 11.5 Å². The van der Waals surface area contributed by atoms with Gasteiger partial charge in [0.1, 0.15) is 0 Å². The molecule has 0 saturated heterocycles. The number of allylic oxidation sites excluding steroid dienone is 8. The molecule has 132 valence electrons. The smallest absolute Gasteiger partial charge is 1.00 e. The number of hydrogen-bond acceptors (Lipinski definition) is 0. The van der Waals surface area contributed by atoms with Crippen molar-refractivity contribution in [3.8, 4) is 0 Å². The Morgan fingerprint density at radius 3 is 1.42 bits per heavy atom. The van der Waals surface area contributed by atoms with Gasteiger partial charge in [-0.1, -0.05) is 49.3 Å². The molecule has 24 heavy (non-hydrogen) atoms. The van der Waals surface area contributed by atoms with Crippen LogP contribution in [0.15, 0.2) is 48.6 Å². The van der Waals surface area contributed by atoms with Crippen molar-refractivity contribution >= 4 is 9.98 Å². The minimum absolute atomic E-state index is 0. The van der Waals surface area contributed by atoms with E-state index in [0.717, 1.165) is 23.7 Å². The van der Waals surface area contributed by atoms with Crippen molar-refractivity contribution in [1.82, 2.24) is 0 Å². The zero-order chi connectivity index (χ0) is 15.8. The summed E-state index contributed by atoms with van der Waals surface area (Å²) in [5.74, 6) is 7.98. The molecule has 4 heteroatoms. The predicted octanol–water partition coefficient (Wildman–Crippen LogP) is -0.522. The molecule has 0 amide bonds. The van der Waals surface area contributed by atoms with E-state index in [0.29, 0.717) is 0 Å². The molecule has 4 aliphatic rings. The van der Waals surface area contributed by atoms with Gasteiger partial charge in [0.15, 0.2) is 0 Å². The van der Waals surface area contributed by atoms with Gasteiger partial charge in [0.2, 0.25) is 0 Å². The average molecular weight is 503 g/mol. The maximum atomic E-state index is 2.42. The molecule has 0 aliphatic heterocycles. The molecule has 4 rings (SSSR count). The molecule has 0 aromatic carbocycles. The van der Waals surface area contributed by atoms with Crippen molar-refractivity contribution in [3.05, 3.63) is 61.4 Å². The largest absolute Gasteiger partial charge is 1.00 e. The van der Waals surface area contributed by atoms with Crippen LogP contribution < -0.4 is 24.8 Å². The summed E-state index contributed by atoms with van der Waals surface area (Å²) in [6.07, 6.45) is 28.1. The Morgan fingerprint density at radius 1 is 0.750 bits per heavy atom. The molecule has 4 aliphatic carbocycles. The molecule has 4 atom stereocenters. The molecule has 0 nitrogen and oxygen atoms in total. The summed E-state index contributed by atoms with van der Waals surface area (Å²) in [6, 6.07) is 0. The second-order valence-electron chi connectivity index (χ2n) is 6.65. The Kier molecular flexibility index (Phi) is 14.6. The fraction of sp³-hybridized carbons (Fsp3) is 0.500. The SMILES string of the molecule is C1=CC2[CH-]CCC2C=C1.C1=CC2[CH-]CCC2C=C1.[CH3][Ge]([CH3])=[Zr+2].[Cl-].[Cl-]. The van der Waals surface area contributed by atoms with Crippen molar-refractivity contribution in [2.75, 3.05) is 0 Å². The Morgan fingerprint density at radius 2 is 1.08 bits per heavy atom. The first-order valence-electron chi connectivity index (χ1n) is 8.55. The first-order chi connectivity index (χ1) is 10.7. The van der Waals surface area contributed by atoms with E-state index in [1.807, 2.05) is 0 Å². The van der Waals surface area contributed by atoms with Gasteiger partial charge in [0, 0.05) is 0 Å². The summed E-state index contributed by atoms with van der Waals surface area (Å²) >= 11 is 1.80. The average Bonchev–Trinajstić information content (AvgIpc) is 3.16. The van der Waals surface area contributed by atoms with E-state index in [2.05, 4.69) is 73.0 Å². The zero-order valence-corrected chi connectivity index (χ0v) is 20.7. The maximum absolute atomic E-state index is 2.42. The molecule has 0 spiro atoms. The van der Waals surface area contributed by atoms with Crippen LogP contribution in [0.5, 0.6) is 0 Å². The molecule has 0 heterocycles. The third kappa shape index (κ3) is 9.06. The van der Waals surface area contributed by atoms with E-state index >= 15 is 0 Å². The van der Waals surface area contributed by atoms with E-state index < -0.39 is 0 Å². The summed E-state index contributed by atoms with van der Waals surface area (Å²) < 4.78 is 0. The minimum Gasteiger partial charge on any atom is -1.00 e. The second kappa shape index (κ2) is 14.1. The van der Waals surface area contributed by atoms with Gasteiger partial charge in [-0.15, -0.1) is 24.0 Å². The Bertz CT molecular complexity index is 404. The minimum atomic E-state index is -0.243. The zero-order valence-electron chi connectivity index (χ0n) is 14.7. The molecule has 0 aromatic rings. The van der Waals surface area contributed by atoms with Gasteiger partial charge in [0.05, 0.1) is 0 Å². The topological polar surface area (TPSA) is 0 Å². The Hall–Kier alpha value is 0.966. The summed E-state index contributed by atoms with van der Waals surface area (Å²) in [4.78, 5) is 0. The van der Waals surface area contributed by atoms with Crippen LogP contribution in [0.3, 0.4) is 0 Å². The van der Waals surface area contributed by atoms with Crippen LogP contribution >= 0.6 is 0 Å². The van der Waals surface area contributed by atoms with Crippen LogP contribution in [0.4, 0.5) is 0 Å². The fourth-order valence-corrected chi connectivity index (χ4v) is 3.39. The molecule has 2 fully saturated rings. The molecule has 0 aromatic heterocycles. The second-order valence-corrected chi connectivity index (χ2v) is 23.6. The van der Waals surface area contributed by atoms with Gasteiger partial charge in [-0.2, -0.15) is 12.8 Å². The number of fused-ring (bicyclic) bond motifs is 2. The maximum Gasteiger partial charge on any atom is -1.00 e. The van der Waals surface area contributed by atoms with Gasteiger partial charge < -0.3 is 37.7 Å². The molecule has 4 unspecified atom stereocenters. The Labute approximate surface area is 177 Å². The van der Waals surface area contributed by atoms with E-state index in [1.165, 1.54) is 25.7 Å². The van der Waals surface area contributed by atoms with Crippen LogP contribution in [-0.4, -0.2) is 9.98 Å². The van der Waals surface area contributed by atoms with Crippen LogP contribution in [0, 0.1) is 36.5 Å². The molecular weight excluding hydrogens is 475 g/mol. The Balaban J connectivity index is 0.000000341. The van der Waals surface area contributed by atoms with Crippen LogP contribution in [0.25, 0.3) is 0 Å². The van der Waals surface area contributed by atoms with Crippen molar-refractivity contribution < 1.29 is 46.4 Å². The number of hydrogen-bond donors (Lipinski definition) is 0. The third-order valence-electron chi connectivity index (χ3n) is 4.47. The van der Waals surface area contributed by atoms with E-state index in [1.54, 1.807) is 21.6 Å². The van der Waals surface area contributed by atoms with Gasteiger partial charge in [-0.3, -0.25) is 0 Å². The summed E-state index contributed by atoms with van der Waals surface area (Å²) in [5.41, 5.74) is 0. The quantitative estimate of drug-likeness (QED) is 0.309. The number of halogens is 2. The van der Waals surface area contributed by atoms with E-state index in [9.17, 15) is 0 Å². The molecule has 0 radical (unpaired) electrons. The van der Waals surface area contributed by atoms with Gasteiger partial charge >= 0.3 is 43.1 Å². The van der Waals surface area contributed by atoms with Crippen molar-refractivity contribution in [2.24, 2.45) is 23.7 Å². The first-order valence-corrected chi connectivity index (χ1v) is 20.2. The molecule has 0 N–H and O–H groups in total. The molecule has 0 bridgehead atoms. The van der Waals surface area contributed by atoms with Crippen LogP contribution in [0.1, 0.15) is 25.7 Å². The van der Waals surface area contributed by atoms with Crippen molar-refractivity contribution in [1.29, 1.82) is 0 Å². The standard InChI is InChI=1S/2C9H11.C2H6Ge.2ClH.Zr/c2*1-2-5-9-7-3-6-8(9)4-1;1-3-2;;;/h2*1-2,4-6,8-9H,3,7H2;1-2H3;2*1H;/q2*-1;;;;+2/p-2. The van der Waals surface area contributed by atoms with E-state index in [4.69, 9.17) is 0 Å². The normalized spacial score (nSPS) is 30.5. The van der Waals surface area contributed by atoms with Gasteiger partial charge in [0.25, 0.3) is 0 Å². The molecular formula is C20H28Cl2GeZr-2. The summed E-state index contributed by atoms with van der Waals surface area (Å²) in [6.45, 7) is 0. The predicted molar refractivity (Wildman–Crippen MR) is 95.1 cm³/mol. The van der Waals surface area contributed by atoms with Gasteiger partial charge in [-0.25, -0.2) is 0 Å². The van der Waals surface area contributed by atoms with Crippen molar-refractivity contribution in [3.63, 3.8) is 0 Å². The third-order valence-corrected chi connectivity index (χ3v) is 4.47. The van der Waals surface area contributed by atoms with Crippen molar-refractivity contribution in [2.45, 2.75) is 37.2 Å². The monoisotopic (exact) mass is 502 g/mol. The molecule has 2 saturated carbocycles.